The predicted octanol–water partition coefficient (Wildman–Crippen LogP) is 1.19. The number of hydrogen-bond donors (Lipinski definition) is 1. The number of carbonyl (C=O) groups is 4. The summed E-state index contributed by atoms with van der Waals surface area (Å²) in [6.07, 6.45) is -5.70. The number of amides is 4. The van der Waals surface area contributed by atoms with E-state index in [0.29, 0.717) is 4.90 Å². The number of fused-ring (bicyclic) bond motifs is 1. The highest BCUT2D eigenvalue weighted by Gasteiger charge is 2.44. The third kappa shape index (κ3) is 2.77. The Bertz CT molecular complexity index is 772. The second-order valence-corrected chi connectivity index (χ2v) is 5.62. The van der Waals surface area contributed by atoms with E-state index in [0.717, 1.165) is 18.2 Å². The molecule has 1 saturated heterocycles. The third-order valence-electron chi connectivity index (χ3n) is 3.91. The van der Waals surface area contributed by atoms with Crippen molar-refractivity contribution in [3.8, 4) is 0 Å². The standard InChI is InChI=1S/C15H11F3N2O4/c16-15(17,18)6-7-1-2-8-9(5-7)14(24)20(13(8)23)10-3-4-11(21)19-12(10)22/h1-2,5,10H,3-4,6H2,(H,19,21,22). The second kappa shape index (κ2) is 5.43. The van der Waals surface area contributed by atoms with E-state index in [4.69, 9.17) is 0 Å². The van der Waals surface area contributed by atoms with Crippen LogP contribution in [0, 0.1) is 0 Å². The van der Waals surface area contributed by atoms with Gasteiger partial charge in [-0.1, -0.05) is 6.07 Å². The Hall–Kier alpha value is -2.71. The first-order valence-electron chi connectivity index (χ1n) is 7.08. The van der Waals surface area contributed by atoms with Gasteiger partial charge in [0.15, 0.2) is 0 Å². The lowest BCUT2D eigenvalue weighted by molar-refractivity contribution is -0.136. The summed E-state index contributed by atoms with van der Waals surface area (Å²) in [7, 11) is 0. The molecule has 0 aliphatic carbocycles. The lowest BCUT2D eigenvalue weighted by Gasteiger charge is -2.27. The normalized spacial score (nSPS) is 21.1. The number of halogens is 3. The summed E-state index contributed by atoms with van der Waals surface area (Å²) in [6.45, 7) is 0. The molecule has 126 valence electrons. The van der Waals surface area contributed by atoms with Crippen molar-refractivity contribution >= 4 is 23.6 Å². The molecule has 1 unspecified atom stereocenters. The zero-order chi connectivity index (χ0) is 17.6. The summed E-state index contributed by atoms with van der Waals surface area (Å²) in [5, 5.41) is 2.04. The van der Waals surface area contributed by atoms with E-state index in [1.165, 1.54) is 0 Å². The van der Waals surface area contributed by atoms with Gasteiger partial charge in [-0.25, -0.2) is 0 Å². The van der Waals surface area contributed by atoms with Crippen LogP contribution in [0.2, 0.25) is 0 Å². The molecule has 2 heterocycles. The van der Waals surface area contributed by atoms with Gasteiger partial charge >= 0.3 is 6.18 Å². The van der Waals surface area contributed by atoms with Crippen molar-refractivity contribution in [2.75, 3.05) is 0 Å². The Labute approximate surface area is 133 Å². The van der Waals surface area contributed by atoms with Crippen LogP contribution in [0.5, 0.6) is 0 Å². The zero-order valence-electron chi connectivity index (χ0n) is 12.1. The lowest BCUT2D eigenvalue weighted by Crippen LogP contribution is -2.54. The molecule has 24 heavy (non-hydrogen) atoms. The van der Waals surface area contributed by atoms with Crippen molar-refractivity contribution in [1.82, 2.24) is 10.2 Å². The number of alkyl halides is 3. The van der Waals surface area contributed by atoms with Gasteiger partial charge in [-0.15, -0.1) is 0 Å². The summed E-state index contributed by atoms with van der Waals surface area (Å²) in [6, 6.07) is 2.17. The molecule has 2 aliphatic rings. The van der Waals surface area contributed by atoms with E-state index in [1.807, 2.05) is 5.32 Å². The SMILES string of the molecule is O=C1CCC(N2C(=O)c3ccc(CC(F)(F)F)cc3C2=O)C(=O)N1. The van der Waals surface area contributed by atoms with E-state index < -0.39 is 42.3 Å². The molecule has 1 aromatic rings. The van der Waals surface area contributed by atoms with Crippen LogP contribution in [0.4, 0.5) is 13.2 Å². The molecule has 2 aliphatic heterocycles. The summed E-state index contributed by atoms with van der Waals surface area (Å²) >= 11 is 0. The fraction of sp³-hybridized carbons (Fsp3) is 0.333. The van der Waals surface area contributed by atoms with E-state index in [9.17, 15) is 32.3 Å². The minimum absolute atomic E-state index is 0.00839. The van der Waals surface area contributed by atoms with Crippen molar-refractivity contribution in [2.24, 2.45) is 0 Å². The van der Waals surface area contributed by atoms with Crippen LogP contribution >= 0.6 is 0 Å². The number of carbonyl (C=O) groups excluding carboxylic acids is 4. The molecule has 1 atom stereocenters. The van der Waals surface area contributed by atoms with Crippen molar-refractivity contribution in [1.29, 1.82) is 0 Å². The minimum Gasteiger partial charge on any atom is -0.295 e. The molecule has 3 rings (SSSR count). The van der Waals surface area contributed by atoms with Gasteiger partial charge in [-0.2, -0.15) is 13.2 Å². The van der Waals surface area contributed by atoms with Crippen LogP contribution in [0.25, 0.3) is 0 Å². The smallest absolute Gasteiger partial charge is 0.295 e. The molecule has 1 fully saturated rings. The molecule has 0 bridgehead atoms. The molecular weight excluding hydrogens is 329 g/mol. The monoisotopic (exact) mass is 340 g/mol. The fourth-order valence-corrected chi connectivity index (χ4v) is 2.86. The van der Waals surface area contributed by atoms with E-state index in [1.54, 1.807) is 0 Å². The molecule has 4 amide bonds. The van der Waals surface area contributed by atoms with Gasteiger partial charge in [-0.3, -0.25) is 29.4 Å². The summed E-state index contributed by atoms with van der Waals surface area (Å²) in [4.78, 5) is 48.5. The van der Waals surface area contributed by atoms with Crippen LogP contribution in [-0.2, 0) is 16.0 Å². The number of piperidine rings is 1. The fourth-order valence-electron chi connectivity index (χ4n) is 2.86. The van der Waals surface area contributed by atoms with Crippen molar-refractivity contribution < 1.29 is 32.3 Å². The minimum atomic E-state index is -4.44. The number of nitrogens with one attached hydrogen (secondary N) is 1. The van der Waals surface area contributed by atoms with Gasteiger partial charge in [0, 0.05) is 6.42 Å². The first-order valence-corrected chi connectivity index (χ1v) is 7.08. The maximum atomic E-state index is 12.5. The van der Waals surface area contributed by atoms with Crippen molar-refractivity contribution in [3.05, 3.63) is 34.9 Å². The average Bonchev–Trinajstić information content (AvgIpc) is 2.70. The maximum Gasteiger partial charge on any atom is 0.393 e. The number of rotatable bonds is 2. The van der Waals surface area contributed by atoms with E-state index in [-0.39, 0.29) is 29.5 Å². The number of hydrogen-bond acceptors (Lipinski definition) is 4. The quantitative estimate of drug-likeness (QED) is 0.820. The molecule has 0 spiro atoms. The maximum absolute atomic E-state index is 12.5. The predicted molar refractivity (Wildman–Crippen MR) is 72.9 cm³/mol. The molecule has 0 aromatic heterocycles. The van der Waals surface area contributed by atoms with Gasteiger partial charge in [0.2, 0.25) is 11.8 Å². The number of benzene rings is 1. The Balaban J connectivity index is 1.91. The zero-order valence-corrected chi connectivity index (χ0v) is 12.1. The average molecular weight is 340 g/mol. The molecule has 0 radical (unpaired) electrons. The molecule has 1 aromatic carbocycles. The Morgan fingerprint density at radius 1 is 1.08 bits per heavy atom. The highest BCUT2D eigenvalue weighted by atomic mass is 19.4. The lowest BCUT2D eigenvalue weighted by atomic mass is 10.0. The van der Waals surface area contributed by atoms with Gasteiger partial charge < -0.3 is 0 Å². The second-order valence-electron chi connectivity index (χ2n) is 5.62. The van der Waals surface area contributed by atoms with Gasteiger partial charge in [0.25, 0.3) is 11.8 Å². The van der Waals surface area contributed by atoms with Crippen LogP contribution < -0.4 is 5.32 Å². The summed E-state index contributed by atoms with van der Waals surface area (Å²) in [5.74, 6) is -2.84. The Morgan fingerprint density at radius 2 is 1.75 bits per heavy atom. The van der Waals surface area contributed by atoms with Gasteiger partial charge in [-0.05, 0) is 24.1 Å². The van der Waals surface area contributed by atoms with E-state index in [2.05, 4.69) is 0 Å². The van der Waals surface area contributed by atoms with Crippen LogP contribution in [0.15, 0.2) is 18.2 Å². The highest BCUT2D eigenvalue weighted by molar-refractivity contribution is 6.23. The Morgan fingerprint density at radius 3 is 2.38 bits per heavy atom. The summed E-state index contributed by atoms with van der Waals surface area (Å²) in [5.41, 5.74) is -0.352. The van der Waals surface area contributed by atoms with Crippen LogP contribution in [0.1, 0.15) is 39.1 Å². The summed E-state index contributed by atoms with van der Waals surface area (Å²) < 4.78 is 37.4. The first-order chi connectivity index (χ1) is 11.2. The largest absolute Gasteiger partial charge is 0.393 e. The third-order valence-corrected chi connectivity index (χ3v) is 3.91. The van der Waals surface area contributed by atoms with Crippen LogP contribution in [0.3, 0.4) is 0 Å². The van der Waals surface area contributed by atoms with Gasteiger partial charge in [0.1, 0.15) is 6.04 Å². The molecule has 1 N–H and O–H groups in total. The number of nitrogens with zero attached hydrogens (tertiary/aromatic N) is 1. The number of imide groups is 2. The highest BCUT2D eigenvalue weighted by Crippen LogP contribution is 2.30. The molecular formula is C15H11F3N2O4. The topological polar surface area (TPSA) is 83.6 Å². The van der Waals surface area contributed by atoms with E-state index >= 15 is 0 Å². The molecule has 6 nitrogen and oxygen atoms in total. The van der Waals surface area contributed by atoms with Crippen molar-refractivity contribution in [3.63, 3.8) is 0 Å². The van der Waals surface area contributed by atoms with Crippen molar-refractivity contribution in [2.45, 2.75) is 31.5 Å². The van der Waals surface area contributed by atoms with Gasteiger partial charge in [0.05, 0.1) is 17.5 Å². The molecule has 0 saturated carbocycles. The molecule has 9 heteroatoms. The van der Waals surface area contributed by atoms with Crippen LogP contribution in [-0.4, -0.2) is 40.7 Å². The Kier molecular flexibility index (Phi) is 3.66. The first kappa shape index (κ1) is 16.2.